The summed E-state index contributed by atoms with van der Waals surface area (Å²) in [6.45, 7) is 0.862. The summed E-state index contributed by atoms with van der Waals surface area (Å²) >= 11 is 5.95. The smallest absolute Gasteiger partial charge is 0.310 e. The first-order valence-corrected chi connectivity index (χ1v) is 6.83. The molecule has 1 aromatic rings. The van der Waals surface area contributed by atoms with Crippen molar-refractivity contribution in [2.75, 3.05) is 18.1 Å². The van der Waals surface area contributed by atoms with Crippen molar-refractivity contribution in [1.29, 1.82) is 0 Å². The highest BCUT2D eigenvalue weighted by Crippen LogP contribution is 2.38. The molecule has 0 saturated carbocycles. The van der Waals surface area contributed by atoms with Gasteiger partial charge in [0.05, 0.1) is 4.92 Å². The van der Waals surface area contributed by atoms with E-state index in [1.807, 2.05) is 4.90 Å². The van der Waals surface area contributed by atoms with Crippen molar-refractivity contribution < 1.29 is 10.0 Å². The Morgan fingerprint density at radius 3 is 2.95 bits per heavy atom. The van der Waals surface area contributed by atoms with E-state index < -0.39 is 4.92 Å². The maximum Gasteiger partial charge on any atom is 0.310 e. The van der Waals surface area contributed by atoms with E-state index in [1.165, 1.54) is 6.07 Å². The Bertz CT molecular complexity index is 465. The quantitative estimate of drug-likeness (QED) is 0.682. The minimum Gasteiger partial charge on any atom is -0.396 e. The molecule has 5 nitrogen and oxygen atoms in total. The average molecular weight is 285 g/mol. The maximum atomic E-state index is 11.2. The molecule has 1 saturated heterocycles. The van der Waals surface area contributed by atoms with Gasteiger partial charge in [0, 0.05) is 19.2 Å². The van der Waals surface area contributed by atoms with Crippen molar-refractivity contribution in [2.45, 2.75) is 31.7 Å². The lowest BCUT2D eigenvalue weighted by atomic mass is 9.98. The van der Waals surface area contributed by atoms with Crippen LogP contribution >= 0.6 is 11.6 Å². The van der Waals surface area contributed by atoms with Crippen LogP contribution in [0.2, 0.25) is 5.02 Å². The van der Waals surface area contributed by atoms with Crippen LogP contribution in [0, 0.1) is 10.1 Å². The van der Waals surface area contributed by atoms with Crippen molar-refractivity contribution in [1.82, 2.24) is 0 Å². The maximum absolute atomic E-state index is 11.2. The summed E-state index contributed by atoms with van der Waals surface area (Å²) in [6, 6.07) is 5.15. The number of aliphatic hydroxyl groups is 1. The predicted octanol–water partition coefficient (Wildman–Crippen LogP) is 2.99. The third kappa shape index (κ3) is 2.98. The highest BCUT2D eigenvalue weighted by Gasteiger charge is 2.29. The van der Waals surface area contributed by atoms with Gasteiger partial charge in [-0.2, -0.15) is 0 Å². The molecule has 1 heterocycles. The molecule has 0 bridgehead atoms. The number of halogens is 1. The van der Waals surface area contributed by atoms with Crippen LogP contribution < -0.4 is 4.90 Å². The molecule has 1 aliphatic heterocycles. The van der Waals surface area contributed by atoms with Crippen LogP contribution in [0.1, 0.15) is 25.7 Å². The summed E-state index contributed by atoms with van der Waals surface area (Å²) < 4.78 is 0. The predicted molar refractivity (Wildman–Crippen MR) is 74.8 cm³/mol. The zero-order valence-electron chi connectivity index (χ0n) is 10.6. The van der Waals surface area contributed by atoms with Gasteiger partial charge in [-0.05, 0) is 37.8 Å². The minimum atomic E-state index is -0.428. The molecule has 1 fully saturated rings. The van der Waals surface area contributed by atoms with Crippen molar-refractivity contribution >= 4 is 23.0 Å². The lowest BCUT2D eigenvalue weighted by Gasteiger charge is -2.37. The lowest BCUT2D eigenvalue weighted by molar-refractivity contribution is -0.384. The van der Waals surface area contributed by atoms with Gasteiger partial charge in [0.15, 0.2) is 0 Å². The fourth-order valence-corrected chi connectivity index (χ4v) is 2.92. The number of benzene rings is 1. The van der Waals surface area contributed by atoms with Crippen molar-refractivity contribution in [3.8, 4) is 0 Å². The fraction of sp³-hybridized carbons (Fsp3) is 0.538. The van der Waals surface area contributed by atoms with Crippen molar-refractivity contribution in [3.05, 3.63) is 33.3 Å². The number of nitrogens with zero attached hydrogens (tertiary/aromatic N) is 2. The second-order valence-electron chi connectivity index (χ2n) is 4.72. The SMILES string of the molecule is O=[N+]([O-])c1c(Cl)cccc1N1CCCCC1CCO. The molecule has 1 atom stereocenters. The normalized spacial score (nSPS) is 19.5. The van der Waals surface area contributed by atoms with Crippen LogP contribution in [0.25, 0.3) is 0 Å². The summed E-state index contributed by atoms with van der Waals surface area (Å²) in [6.07, 6.45) is 3.68. The van der Waals surface area contributed by atoms with Crippen LogP contribution in [0.3, 0.4) is 0 Å². The van der Waals surface area contributed by atoms with E-state index in [-0.39, 0.29) is 23.4 Å². The molecule has 2 rings (SSSR count). The second kappa shape index (κ2) is 6.21. The molecule has 0 spiro atoms. The highest BCUT2D eigenvalue weighted by atomic mass is 35.5. The zero-order chi connectivity index (χ0) is 13.8. The molecule has 0 aliphatic carbocycles. The number of nitro benzene ring substituents is 1. The molecule has 0 aromatic heterocycles. The van der Waals surface area contributed by atoms with Gasteiger partial charge in [-0.25, -0.2) is 0 Å². The number of hydrogen-bond acceptors (Lipinski definition) is 4. The van der Waals surface area contributed by atoms with E-state index in [4.69, 9.17) is 16.7 Å². The molecule has 6 heteroatoms. The summed E-state index contributed by atoms with van der Waals surface area (Å²) in [5.74, 6) is 0. The Kier molecular flexibility index (Phi) is 4.61. The van der Waals surface area contributed by atoms with Gasteiger partial charge in [-0.1, -0.05) is 17.7 Å². The van der Waals surface area contributed by atoms with Gasteiger partial charge in [0.25, 0.3) is 0 Å². The van der Waals surface area contributed by atoms with E-state index in [9.17, 15) is 10.1 Å². The molecule has 19 heavy (non-hydrogen) atoms. The third-order valence-corrected chi connectivity index (χ3v) is 3.85. The summed E-state index contributed by atoms with van der Waals surface area (Å²) in [7, 11) is 0. The summed E-state index contributed by atoms with van der Waals surface area (Å²) in [5.41, 5.74) is 0.532. The Morgan fingerprint density at radius 2 is 2.26 bits per heavy atom. The van der Waals surface area contributed by atoms with E-state index in [0.29, 0.717) is 12.1 Å². The molecular formula is C13H17ClN2O3. The number of rotatable bonds is 4. The van der Waals surface area contributed by atoms with Gasteiger partial charge in [-0.3, -0.25) is 10.1 Å². The fourth-order valence-electron chi connectivity index (χ4n) is 2.68. The second-order valence-corrected chi connectivity index (χ2v) is 5.13. The van der Waals surface area contributed by atoms with Gasteiger partial charge in [-0.15, -0.1) is 0 Å². The van der Waals surface area contributed by atoms with E-state index >= 15 is 0 Å². The first-order valence-electron chi connectivity index (χ1n) is 6.45. The lowest BCUT2D eigenvalue weighted by Crippen LogP contribution is -2.40. The van der Waals surface area contributed by atoms with Crippen molar-refractivity contribution in [3.63, 3.8) is 0 Å². The molecular weight excluding hydrogens is 268 g/mol. The molecule has 0 radical (unpaired) electrons. The van der Waals surface area contributed by atoms with E-state index in [2.05, 4.69) is 0 Å². The monoisotopic (exact) mass is 284 g/mol. The Hall–Kier alpha value is -1.33. The van der Waals surface area contributed by atoms with Gasteiger partial charge in [0.1, 0.15) is 10.7 Å². The van der Waals surface area contributed by atoms with Gasteiger partial charge < -0.3 is 10.0 Å². The molecule has 1 unspecified atom stereocenters. The topological polar surface area (TPSA) is 66.6 Å². The molecule has 104 valence electrons. The van der Waals surface area contributed by atoms with Crippen molar-refractivity contribution in [2.24, 2.45) is 0 Å². The zero-order valence-corrected chi connectivity index (χ0v) is 11.3. The van der Waals surface area contributed by atoms with Gasteiger partial charge >= 0.3 is 5.69 Å². The van der Waals surface area contributed by atoms with E-state index in [1.54, 1.807) is 12.1 Å². The third-order valence-electron chi connectivity index (χ3n) is 3.55. The number of hydrogen-bond donors (Lipinski definition) is 1. The van der Waals surface area contributed by atoms with Crippen LogP contribution in [-0.2, 0) is 0 Å². The molecule has 1 N–H and O–H groups in total. The number of para-hydroxylation sites is 1. The first-order chi connectivity index (χ1) is 9.15. The van der Waals surface area contributed by atoms with Crippen LogP contribution in [0.15, 0.2) is 18.2 Å². The standard InChI is InChI=1S/C13H17ClN2O3/c14-11-5-3-6-12(13(11)16(18)19)15-8-2-1-4-10(15)7-9-17/h3,5-6,10,17H,1-2,4,7-9H2. The van der Waals surface area contributed by atoms with Crippen LogP contribution in [0.4, 0.5) is 11.4 Å². The van der Waals surface area contributed by atoms with Crippen LogP contribution in [0.5, 0.6) is 0 Å². The average Bonchev–Trinajstić information content (AvgIpc) is 2.39. The highest BCUT2D eigenvalue weighted by molar-refractivity contribution is 6.33. The Labute approximate surface area is 116 Å². The summed E-state index contributed by atoms with van der Waals surface area (Å²) in [5, 5.41) is 20.5. The first kappa shape index (κ1) is 14.1. The summed E-state index contributed by atoms with van der Waals surface area (Å²) in [4.78, 5) is 12.8. The minimum absolute atomic E-state index is 0.0333. The number of anilines is 1. The Balaban J connectivity index is 2.38. The number of aliphatic hydroxyl groups excluding tert-OH is 1. The van der Waals surface area contributed by atoms with Crippen LogP contribution in [-0.4, -0.2) is 29.2 Å². The number of nitro groups is 1. The largest absolute Gasteiger partial charge is 0.396 e. The van der Waals surface area contributed by atoms with E-state index in [0.717, 1.165) is 25.8 Å². The number of piperidine rings is 1. The molecule has 0 amide bonds. The Morgan fingerprint density at radius 1 is 1.47 bits per heavy atom. The molecule has 1 aliphatic rings. The molecule has 1 aromatic carbocycles. The van der Waals surface area contributed by atoms with Gasteiger partial charge in [0.2, 0.25) is 0 Å².